The number of aliphatic carboxylic acids is 1. The summed E-state index contributed by atoms with van der Waals surface area (Å²) in [7, 11) is 0. The van der Waals surface area contributed by atoms with Gasteiger partial charge in [0.2, 0.25) is 0 Å². The third-order valence-electron chi connectivity index (χ3n) is 2.99. The fraction of sp³-hybridized carbons (Fsp3) is 0.364. The van der Waals surface area contributed by atoms with Gasteiger partial charge in [0.15, 0.2) is 6.29 Å². The predicted octanol–water partition coefficient (Wildman–Crippen LogP) is 0.771. The molecule has 0 fully saturated rings. The van der Waals surface area contributed by atoms with Crippen LogP contribution in [-0.2, 0) is 17.8 Å². The van der Waals surface area contributed by atoms with Crippen molar-refractivity contribution < 1.29 is 23.9 Å². The van der Waals surface area contributed by atoms with Crippen molar-refractivity contribution >= 4 is 18.0 Å². The molecule has 90 valence electrons. The number of aldehydes is 1. The number of nitrogens with zero attached hydrogens (tertiary/aromatic N) is 1. The zero-order valence-electron chi connectivity index (χ0n) is 9.07. The zero-order chi connectivity index (χ0) is 12.7. The van der Waals surface area contributed by atoms with E-state index in [0.29, 0.717) is 17.5 Å². The summed E-state index contributed by atoms with van der Waals surface area (Å²) in [6, 6.07) is 0. The van der Waals surface area contributed by atoms with Crippen LogP contribution < -0.4 is 0 Å². The van der Waals surface area contributed by atoms with Crippen molar-refractivity contribution in [1.29, 1.82) is 0 Å². The molecule has 1 aliphatic rings. The maximum atomic E-state index is 13.2. The first-order valence-corrected chi connectivity index (χ1v) is 5.06. The zero-order valence-corrected chi connectivity index (χ0v) is 9.07. The average molecular weight is 239 g/mol. The first-order chi connectivity index (χ1) is 7.97. The van der Waals surface area contributed by atoms with Crippen LogP contribution >= 0.6 is 0 Å². The Morgan fingerprint density at radius 3 is 2.71 bits per heavy atom. The highest BCUT2D eigenvalue weighted by Crippen LogP contribution is 2.29. The summed E-state index contributed by atoms with van der Waals surface area (Å²) in [4.78, 5) is 33.1. The Morgan fingerprint density at radius 2 is 2.18 bits per heavy atom. The van der Waals surface area contributed by atoms with Gasteiger partial charge in [0, 0.05) is 12.1 Å². The van der Waals surface area contributed by atoms with E-state index in [2.05, 4.69) is 0 Å². The highest BCUT2D eigenvalue weighted by atomic mass is 19.1. The Kier molecular flexibility index (Phi) is 2.57. The van der Waals surface area contributed by atoms with E-state index in [9.17, 15) is 18.8 Å². The molecule has 0 aliphatic carbocycles. The number of halogens is 1. The van der Waals surface area contributed by atoms with Crippen molar-refractivity contribution in [3.63, 3.8) is 0 Å². The van der Waals surface area contributed by atoms with Crippen molar-refractivity contribution in [3.05, 3.63) is 22.5 Å². The highest BCUT2D eigenvalue weighted by Gasteiger charge is 2.33. The smallest absolute Gasteiger partial charge is 0.377 e. The molecule has 0 aromatic carbocycles. The Balaban J connectivity index is 2.65. The van der Waals surface area contributed by atoms with Crippen molar-refractivity contribution in [2.75, 3.05) is 0 Å². The van der Waals surface area contributed by atoms with Crippen LogP contribution in [0.25, 0.3) is 0 Å². The maximum absolute atomic E-state index is 13.2. The van der Waals surface area contributed by atoms with Gasteiger partial charge in [0.25, 0.3) is 5.78 Å². The van der Waals surface area contributed by atoms with E-state index >= 15 is 0 Å². The molecule has 1 aliphatic heterocycles. The van der Waals surface area contributed by atoms with Gasteiger partial charge < -0.3 is 9.67 Å². The molecule has 0 radical (unpaired) electrons. The van der Waals surface area contributed by atoms with Gasteiger partial charge >= 0.3 is 5.97 Å². The Morgan fingerprint density at radius 1 is 1.53 bits per heavy atom. The van der Waals surface area contributed by atoms with Gasteiger partial charge in [-0.05, 0) is 12.5 Å². The van der Waals surface area contributed by atoms with Crippen molar-refractivity contribution in [2.24, 2.45) is 0 Å². The lowest BCUT2D eigenvalue weighted by Gasteiger charge is -2.00. The van der Waals surface area contributed by atoms with Crippen molar-refractivity contribution in [1.82, 2.24) is 4.57 Å². The van der Waals surface area contributed by atoms with Gasteiger partial charge in [-0.25, -0.2) is 9.18 Å². The van der Waals surface area contributed by atoms with Crippen LogP contribution in [0.15, 0.2) is 0 Å². The second-order valence-electron chi connectivity index (χ2n) is 4.00. The molecule has 1 unspecified atom stereocenters. The molecule has 1 atom stereocenters. The molecule has 1 aromatic heterocycles. The second kappa shape index (κ2) is 3.80. The van der Waals surface area contributed by atoms with Crippen LogP contribution in [0.2, 0.25) is 0 Å². The number of hydrogen-bond acceptors (Lipinski definition) is 3. The summed E-state index contributed by atoms with van der Waals surface area (Å²) in [6.07, 6.45) is -0.678. The van der Waals surface area contributed by atoms with E-state index in [1.807, 2.05) is 0 Å². The summed E-state index contributed by atoms with van der Waals surface area (Å²) in [5, 5.41) is 8.70. The quantitative estimate of drug-likeness (QED) is 0.480. The fourth-order valence-corrected chi connectivity index (χ4v) is 2.28. The molecular weight excluding hydrogens is 229 g/mol. The van der Waals surface area contributed by atoms with Gasteiger partial charge in [0.05, 0.1) is 17.8 Å². The number of aromatic nitrogens is 1. The van der Waals surface area contributed by atoms with Crippen LogP contribution in [0.4, 0.5) is 4.39 Å². The molecule has 5 nitrogen and oxygen atoms in total. The number of Topliss-reactive ketones (excluding diaryl/α,β-unsaturated/α-hetero) is 1. The molecule has 1 N–H and O–H groups in total. The number of carboxylic acid groups (broad SMARTS) is 1. The third-order valence-corrected chi connectivity index (χ3v) is 2.99. The van der Waals surface area contributed by atoms with Gasteiger partial charge in [-0.2, -0.15) is 0 Å². The third kappa shape index (κ3) is 1.56. The maximum Gasteiger partial charge on any atom is 0.377 e. The summed E-state index contributed by atoms with van der Waals surface area (Å²) in [5.74, 6) is -2.69. The average Bonchev–Trinajstić information content (AvgIpc) is 2.71. The second-order valence-corrected chi connectivity index (χ2v) is 4.00. The molecule has 1 aromatic rings. The van der Waals surface area contributed by atoms with E-state index in [4.69, 9.17) is 5.11 Å². The van der Waals surface area contributed by atoms with Gasteiger partial charge in [-0.15, -0.1) is 0 Å². The molecule has 17 heavy (non-hydrogen) atoms. The molecule has 0 saturated heterocycles. The topological polar surface area (TPSA) is 76.4 Å². The summed E-state index contributed by atoms with van der Waals surface area (Å²) in [6.45, 7) is 1.50. The van der Waals surface area contributed by atoms with Crippen molar-refractivity contribution in [2.45, 2.75) is 26.1 Å². The number of ketones is 1. The monoisotopic (exact) mass is 239 g/mol. The number of alkyl halides is 1. The van der Waals surface area contributed by atoms with Gasteiger partial charge in [0.1, 0.15) is 6.17 Å². The minimum absolute atomic E-state index is 0.00283. The van der Waals surface area contributed by atoms with Gasteiger partial charge in [-0.1, -0.05) is 0 Å². The number of fused-ring (bicyclic) bond motifs is 1. The normalized spacial score (nSPS) is 17.9. The summed E-state index contributed by atoms with van der Waals surface area (Å²) in [5.41, 5.74) is 0.767. The van der Waals surface area contributed by atoms with E-state index < -0.39 is 17.9 Å². The SMILES string of the molecule is Cc1c(C(=O)C(=O)O)c2n(c1C=O)CC(F)C2. The van der Waals surface area contributed by atoms with Crippen LogP contribution in [0.3, 0.4) is 0 Å². The largest absolute Gasteiger partial charge is 0.475 e. The van der Waals surface area contributed by atoms with Crippen LogP contribution in [0, 0.1) is 6.92 Å². The molecular formula is C11H10FNO4. The van der Waals surface area contributed by atoms with Crippen LogP contribution in [0.5, 0.6) is 0 Å². The van der Waals surface area contributed by atoms with Crippen molar-refractivity contribution in [3.8, 4) is 0 Å². The Labute approximate surface area is 95.8 Å². The molecule has 2 heterocycles. The Bertz CT molecular complexity index is 532. The Hall–Kier alpha value is -1.98. The van der Waals surface area contributed by atoms with E-state index in [0.717, 1.165) is 0 Å². The first kappa shape index (κ1) is 11.5. The lowest BCUT2D eigenvalue weighted by atomic mass is 10.0. The molecule has 0 bridgehead atoms. The van der Waals surface area contributed by atoms with Gasteiger partial charge in [-0.3, -0.25) is 9.59 Å². The number of carbonyl (C=O) groups is 3. The minimum atomic E-state index is -1.60. The lowest BCUT2D eigenvalue weighted by molar-refractivity contribution is -0.131. The standard InChI is InChI=1S/C11H10FNO4/c1-5-8(4-14)13-3-6(12)2-7(13)9(5)10(15)11(16)17/h4,6H,2-3H2,1H3,(H,16,17). The number of rotatable bonds is 3. The molecule has 0 saturated carbocycles. The highest BCUT2D eigenvalue weighted by molar-refractivity contribution is 6.40. The molecule has 6 heteroatoms. The number of carboxylic acids is 1. The predicted molar refractivity (Wildman–Crippen MR) is 55.1 cm³/mol. The number of carbonyl (C=O) groups excluding carboxylic acids is 2. The summed E-state index contributed by atoms with van der Waals surface area (Å²) < 4.78 is 14.6. The first-order valence-electron chi connectivity index (χ1n) is 5.06. The minimum Gasteiger partial charge on any atom is -0.475 e. The fourth-order valence-electron chi connectivity index (χ4n) is 2.28. The van der Waals surface area contributed by atoms with E-state index in [-0.39, 0.29) is 24.2 Å². The molecule has 0 amide bonds. The van der Waals surface area contributed by atoms with E-state index in [1.54, 1.807) is 0 Å². The van der Waals surface area contributed by atoms with Crippen LogP contribution in [0.1, 0.15) is 32.1 Å². The molecule has 2 rings (SSSR count). The summed E-state index contributed by atoms with van der Waals surface area (Å²) >= 11 is 0. The molecule has 0 spiro atoms. The van der Waals surface area contributed by atoms with E-state index in [1.165, 1.54) is 11.5 Å². The lowest BCUT2D eigenvalue weighted by Crippen LogP contribution is -2.15. The van der Waals surface area contributed by atoms with Crippen LogP contribution in [-0.4, -0.2) is 33.9 Å². The number of hydrogen-bond donors (Lipinski definition) is 1.